The summed E-state index contributed by atoms with van der Waals surface area (Å²) in [6.07, 6.45) is -10.4. The van der Waals surface area contributed by atoms with Gasteiger partial charge in [0.2, 0.25) is 11.8 Å². The van der Waals surface area contributed by atoms with E-state index in [1.807, 2.05) is 0 Å². The largest absolute Gasteiger partial charge is 0.433 e. The maximum atomic E-state index is 15.3. The van der Waals surface area contributed by atoms with E-state index in [2.05, 4.69) is 10.3 Å². The van der Waals surface area contributed by atoms with E-state index in [0.29, 0.717) is 17.7 Å². The fraction of sp³-hybridized carbons (Fsp3) is 0.280. The minimum absolute atomic E-state index is 0.0159. The Kier molecular flexibility index (Phi) is 7.67. The Morgan fingerprint density at radius 1 is 0.975 bits per heavy atom. The van der Waals surface area contributed by atoms with Crippen molar-refractivity contribution in [2.24, 2.45) is 5.92 Å². The standard InChI is InChI=1S/C25H18F8N4O3/c26-15-4-1-12(2-5-15)7-19(39)37-10-14(11-37)23(40)34-9-13-3-6-16(24(28,29)30)20(21(13)27)22-35-17(25(31,32)33)8-18(38)36-22/h1-6,8,14H,7,9-11H2,(H,34,40)(H,35,36,38). The second-order valence-electron chi connectivity index (χ2n) is 8.95. The lowest BCUT2D eigenvalue weighted by atomic mass is 9.97. The number of aromatic nitrogens is 2. The zero-order chi connectivity index (χ0) is 29.4. The summed E-state index contributed by atoms with van der Waals surface area (Å²) in [5.41, 5.74) is -6.32. The summed E-state index contributed by atoms with van der Waals surface area (Å²) in [4.78, 5) is 42.6. The molecular formula is C25H18F8N4O3. The Morgan fingerprint density at radius 2 is 1.62 bits per heavy atom. The zero-order valence-corrected chi connectivity index (χ0v) is 20.1. The highest BCUT2D eigenvalue weighted by atomic mass is 19.4. The molecule has 1 saturated heterocycles. The van der Waals surface area contributed by atoms with Crippen LogP contribution >= 0.6 is 0 Å². The average molecular weight is 574 g/mol. The van der Waals surface area contributed by atoms with Crippen LogP contribution in [-0.4, -0.2) is 39.8 Å². The first-order chi connectivity index (χ1) is 18.6. The Hall–Kier alpha value is -4.30. The number of alkyl halides is 6. The van der Waals surface area contributed by atoms with Crippen molar-refractivity contribution in [3.05, 3.63) is 86.8 Å². The van der Waals surface area contributed by atoms with Crippen LogP contribution in [0.25, 0.3) is 11.4 Å². The van der Waals surface area contributed by atoms with Crippen LogP contribution < -0.4 is 10.9 Å². The monoisotopic (exact) mass is 574 g/mol. The molecule has 0 spiro atoms. The fourth-order valence-corrected chi connectivity index (χ4v) is 4.01. The van der Waals surface area contributed by atoms with Gasteiger partial charge in [-0.25, -0.2) is 13.8 Å². The summed E-state index contributed by atoms with van der Waals surface area (Å²) in [5.74, 6) is -5.05. The SMILES string of the molecule is O=C(NCc1ccc(C(F)(F)F)c(-c2nc(C(F)(F)F)cc(=O)[nH]2)c1F)C1CN(C(=O)Cc2ccc(F)cc2)C1. The fourth-order valence-electron chi connectivity index (χ4n) is 4.01. The van der Waals surface area contributed by atoms with Crippen molar-refractivity contribution in [3.63, 3.8) is 0 Å². The second-order valence-corrected chi connectivity index (χ2v) is 8.95. The van der Waals surface area contributed by atoms with E-state index < -0.39 is 76.1 Å². The summed E-state index contributed by atoms with van der Waals surface area (Å²) in [7, 11) is 0. The first kappa shape index (κ1) is 28.7. The van der Waals surface area contributed by atoms with E-state index in [0.717, 1.165) is 0 Å². The molecule has 2 aromatic carbocycles. The van der Waals surface area contributed by atoms with Crippen molar-refractivity contribution in [1.82, 2.24) is 20.2 Å². The summed E-state index contributed by atoms with van der Waals surface area (Å²) >= 11 is 0. The van der Waals surface area contributed by atoms with Gasteiger partial charge in [-0.3, -0.25) is 14.4 Å². The number of hydrogen-bond donors (Lipinski definition) is 2. The van der Waals surface area contributed by atoms with Crippen LogP contribution in [0.4, 0.5) is 35.1 Å². The van der Waals surface area contributed by atoms with Gasteiger partial charge in [-0.2, -0.15) is 26.3 Å². The number of halogens is 8. The van der Waals surface area contributed by atoms with Crippen LogP contribution in [0, 0.1) is 17.6 Å². The van der Waals surface area contributed by atoms with E-state index in [9.17, 15) is 45.1 Å². The normalized spacial score (nSPS) is 14.2. The maximum Gasteiger partial charge on any atom is 0.433 e. The highest BCUT2D eigenvalue weighted by Crippen LogP contribution is 2.39. The number of carbonyl (C=O) groups is 2. The summed E-state index contributed by atoms with van der Waals surface area (Å²) in [6.45, 7) is -0.608. The van der Waals surface area contributed by atoms with Crippen LogP contribution in [0.15, 0.2) is 47.3 Å². The van der Waals surface area contributed by atoms with E-state index in [1.165, 1.54) is 29.2 Å². The zero-order valence-electron chi connectivity index (χ0n) is 20.1. The highest BCUT2D eigenvalue weighted by molar-refractivity contribution is 5.85. The van der Waals surface area contributed by atoms with E-state index in [1.54, 1.807) is 4.98 Å². The Morgan fingerprint density at radius 3 is 2.23 bits per heavy atom. The molecule has 1 aromatic heterocycles. The number of carbonyl (C=O) groups excluding carboxylic acids is 2. The lowest BCUT2D eigenvalue weighted by Gasteiger charge is -2.38. The maximum absolute atomic E-state index is 15.3. The lowest BCUT2D eigenvalue weighted by Crippen LogP contribution is -2.56. The van der Waals surface area contributed by atoms with Gasteiger partial charge in [0.05, 0.1) is 23.5 Å². The van der Waals surface area contributed by atoms with Crippen molar-refractivity contribution in [2.75, 3.05) is 13.1 Å². The second kappa shape index (κ2) is 10.7. The molecule has 1 aliphatic rings. The molecule has 2 heterocycles. The van der Waals surface area contributed by atoms with Crippen LogP contribution in [0.3, 0.4) is 0 Å². The molecule has 0 radical (unpaired) electrons. The number of nitrogens with zero attached hydrogens (tertiary/aromatic N) is 2. The number of hydrogen-bond acceptors (Lipinski definition) is 4. The predicted octanol–water partition coefficient (Wildman–Crippen LogP) is 4.07. The van der Waals surface area contributed by atoms with Crippen molar-refractivity contribution in [1.29, 1.82) is 0 Å². The quantitative estimate of drug-likeness (QED) is 0.434. The molecule has 4 rings (SSSR count). The molecule has 0 saturated carbocycles. The molecular weight excluding hydrogens is 556 g/mol. The molecule has 212 valence electrons. The molecule has 1 aliphatic heterocycles. The van der Waals surface area contributed by atoms with Crippen molar-refractivity contribution < 1.29 is 44.7 Å². The minimum atomic E-state index is -5.22. The van der Waals surface area contributed by atoms with Crippen LogP contribution in [0.5, 0.6) is 0 Å². The summed E-state index contributed by atoms with van der Waals surface area (Å²) < 4.78 is 108. The van der Waals surface area contributed by atoms with Gasteiger partial charge in [0, 0.05) is 31.3 Å². The lowest BCUT2D eigenvalue weighted by molar-refractivity contribution is -0.143. The summed E-state index contributed by atoms with van der Waals surface area (Å²) in [6, 6.07) is 6.39. The molecule has 2 amide bonds. The number of likely N-dealkylation sites (tertiary alicyclic amines) is 1. The highest BCUT2D eigenvalue weighted by Gasteiger charge is 2.39. The van der Waals surface area contributed by atoms with Gasteiger partial charge in [-0.05, 0) is 23.8 Å². The van der Waals surface area contributed by atoms with Gasteiger partial charge in [0.1, 0.15) is 17.5 Å². The smallest absolute Gasteiger partial charge is 0.352 e. The van der Waals surface area contributed by atoms with Crippen molar-refractivity contribution >= 4 is 11.8 Å². The van der Waals surface area contributed by atoms with Crippen LogP contribution in [0.1, 0.15) is 22.4 Å². The first-order valence-corrected chi connectivity index (χ1v) is 11.5. The molecule has 1 fully saturated rings. The van der Waals surface area contributed by atoms with Crippen LogP contribution in [-0.2, 0) is 34.9 Å². The van der Waals surface area contributed by atoms with Gasteiger partial charge in [0.15, 0.2) is 5.69 Å². The molecule has 0 aliphatic carbocycles. The molecule has 7 nitrogen and oxygen atoms in total. The summed E-state index contributed by atoms with van der Waals surface area (Å²) in [5, 5.41) is 2.33. The molecule has 0 unspecified atom stereocenters. The van der Waals surface area contributed by atoms with Gasteiger partial charge < -0.3 is 15.2 Å². The van der Waals surface area contributed by atoms with Gasteiger partial charge in [0.25, 0.3) is 5.56 Å². The third-order valence-corrected chi connectivity index (χ3v) is 6.12. The van der Waals surface area contributed by atoms with E-state index >= 15 is 4.39 Å². The Bertz CT molecular complexity index is 1490. The molecule has 40 heavy (non-hydrogen) atoms. The Labute approximate surface area is 219 Å². The molecule has 0 atom stereocenters. The number of nitrogens with one attached hydrogen (secondary N) is 2. The third-order valence-electron chi connectivity index (χ3n) is 6.12. The predicted molar refractivity (Wildman–Crippen MR) is 122 cm³/mol. The number of aromatic amines is 1. The van der Waals surface area contributed by atoms with Gasteiger partial charge in [-0.1, -0.05) is 18.2 Å². The number of H-pyrrole nitrogens is 1. The topological polar surface area (TPSA) is 95.2 Å². The van der Waals surface area contributed by atoms with E-state index in [4.69, 9.17) is 0 Å². The Balaban J connectivity index is 1.48. The van der Waals surface area contributed by atoms with E-state index in [-0.39, 0.29) is 31.5 Å². The van der Waals surface area contributed by atoms with Crippen LogP contribution in [0.2, 0.25) is 0 Å². The first-order valence-electron chi connectivity index (χ1n) is 11.5. The average Bonchev–Trinajstić information content (AvgIpc) is 2.82. The molecule has 3 aromatic rings. The third kappa shape index (κ3) is 6.29. The number of rotatable bonds is 6. The molecule has 0 bridgehead atoms. The van der Waals surface area contributed by atoms with Crippen molar-refractivity contribution in [2.45, 2.75) is 25.3 Å². The number of amides is 2. The van der Waals surface area contributed by atoms with Gasteiger partial charge >= 0.3 is 12.4 Å². The minimum Gasteiger partial charge on any atom is -0.352 e. The molecule has 15 heteroatoms. The molecule has 2 N–H and O–H groups in total. The van der Waals surface area contributed by atoms with Crippen molar-refractivity contribution in [3.8, 4) is 11.4 Å². The van der Waals surface area contributed by atoms with Gasteiger partial charge in [-0.15, -0.1) is 0 Å². The number of benzene rings is 2.